The number of piperidine rings is 1. The maximum absolute atomic E-state index is 5.64. The highest BCUT2D eigenvalue weighted by atomic mass is 35.5. The molecule has 3 heterocycles. The molecule has 8 heteroatoms. The second-order valence-corrected chi connectivity index (χ2v) is 7.23. The van der Waals surface area contributed by atoms with Gasteiger partial charge in [-0.05, 0) is 25.3 Å². The summed E-state index contributed by atoms with van der Waals surface area (Å²) in [6.07, 6.45) is 2.01. The molecule has 0 radical (unpaired) electrons. The first kappa shape index (κ1) is 18.8. The summed E-state index contributed by atoms with van der Waals surface area (Å²) in [6, 6.07) is 7.98. The van der Waals surface area contributed by atoms with E-state index < -0.39 is 0 Å². The van der Waals surface area contributed by atoms with Crippen LogP contribution >= 0.6 is 23.7 Å². The summed E-state index contributed by atoms with van der Waals surface area (Å²) < 4.78 is 5.54. The number of halogens is 1. The quantitative estimate of drug-likeness (QED) is 0.729. The zero-order chi connectivity index (χ0) is 17.2. The summed E-state index contributed by atoms with van der Waals surface area (Å²) >= 11 is 1.71. The molecule has 1 aliphatic heterocycles. The van der Waals surface area contributed by atoms with E-state index in [4.69, 9.17) is 10.3 Å². The van der Waals surface area contributed by atoms with E-state index in [2.05, 4.69) is 25.4 Å². The van der Waals surface area contributed by atoms with Gasteiger partial charge in [0, 0.05) is 36.5 Å². The number of aromatic nitrogens is 3. The molecule has 1 fully saturated rings. The van der Waals surface area contributed by atoms with Crippen molar-refractivity contribution < 1.29 is 4.52 Å². The van der Waals surface area contributed by atoms with Crippen LogP contribution < -0.4 is 10.6 Å². The monoisotopic (exact) mass is 391 g/mol. The second-order valence-electron chi connectivity index (χ2n) is 6.39. The van der Waals surface area contributed by atoms with E-state index >= 15 is 0 Å². The van der Waals surface area contributed by atoms with Crippen LogP contribution in [0.25, 0.3) is 11.4 Å². The summed E-state index contributed by atoms with van der Waals surface area (Å²) in [7, 11) is 0. The molecule has 0 spiro atoms. The Morgan fingerprint density at radius 2 is 1.92 bits per heavy atom. The lowest BCUT2D eigenvalue weighted by molar-refractivity contribution is 0.329. The highest BCUT2D eigenvalue weighted by molar-refractivity contribution is 7.13. The average Bonchev–Trinajstić information content (AvgIpc) is 3.31. The van der Waals surface area contributed by atoms with Gasteiger partial charge >= 0.3 is 0 Å². The number of anilines is 1. The molecule has 0 amide bonds. The maximum Gasteiger partial charge on any atom is 0.230 e. The van der Waals surface area contributed by atoms with Crippen LogP contribution in [0.3, 0.4) is 0 Å². The van der Waals surface area contributed by atoms with Crippen molar-refractivity contribution in [1.29, 1.82) is 0 Å². The normalized spacial score (nSPS) is 15.1. The van der Waals surface area contributed by atoms with E-state index in [1.807, 2.05) is 31.2 Å². The molecule has 2 N–H and O–H groups in total. The molecule has 0 aliphatic carbocycles. The first-order valence-electron chi connectivity index (χ1n) is 8.53. The van der Waals surface area contributed by atoms with Gasteiger partial charge in [0.05, 0.1) is 5.69 Å². The number of hydrogen-bond acceptors (Lipinski definition) is 7. The molecule has 1 saturated heterocycles. The van der Waals surface area contributed by atoms with E-state index in [-0.39, 0.29) is 12.4 Å². The van der Waals surface area contributed by atoms with Crippen LogP contribution in [0.5, 0.6) is 0 Å². The molecule has 3 aromatic rings. The minimum atomic E-state index is 0. The molecule has 0 saturated carbocycles. The van der Waals surface area contributed by atoms with Crippen molar-refractivity contribution in [3.63, 3.8) is 0 Å². The van der Waals surface area contributed by atoms with E-state index in [0.29, 0.717) is 18.3 Å². The Hall–Kier alpha value is -1.96. The largest absolute Gasteiger partial charge is 0.348 e. The summed E-state index contributed by atoms with van der Waals surface area (Å²) in [5, 5.41) is 7.37. The molecule has 4 rings (SSSR count). The fourth-order valence-corrected chi connectivity index (χ4v) is 3.97. The Morgan fingerprint density at radius 1 is 1.19 bits per heavy atom. The van der Waals surface area contributed by atoms with E-state index in [9.17, 15) is 0 Å². The smallest absolute Gasteiger partial charge is 0.230 e. The SMILES string of the molecule is Cc1csc(N2CCC(c3nc(-c4ccc(CN)cc4)no3)CC2)n1.Cl. The van der Waals surface area contributed by atoms with Gasteiger partial charge in [-0.2, -0.15) is 4.98 Å². The Kier molecular flexibility index (Phi) is 5.90. The van der Waals surface area contributed by atoms with Gasteiger partial charge in [-0.25, -0.2) is 4.98 Å². The number of rotatable bonds is 4. The van der Waals surface area contributed by atoms with Gasteiger partial charge in [-0.15, -0.1) is 23.7 Å². The third kappa shape index (κ3) is 3.90. The van der Waals surface area contributed by atoms with Gasteiger partial charge in [0.1, 0.15) is 0 Å². The van der Waals surface area contributed by atoms with Crippen molar-refractivity contribution in [3.05, 3.63) is 46.8 Å². The molecule has 6 nitrogen and oxygen atoms in total. The van der Waals surface area contributed by atoms with Gasteiger partial charge in [-0.3, -0.25) is 0 Å². The first-order valence-corrected chi connectivity index (χ1v) is 9.41. The standard InChI is InChI=1S/C18H21N5OS.ClH/c1-12-11-25-18(20-12)23-8-6-15(7-9-23)17-21-16(22-24-17)14-4-2-13(10-19)3-5-14;/h2-5,11,15H,6-10,19H2,1H3;1H. The van der Waals surface area contributed by atoms with Gasteiger partial charge in [0.15, 0.2) is 5.13 Å². The predicted octanol–water partition coefficient (Wildman–Crippen LogP) is 3.77. The number of aryl methyl sites for hydroxylation is 1. The number of thiazole rings is 1. The number of hydrogen-bond donors (Lipinski definition) is 1. The molecule has 2 aromatic heterocycles. The molecule has 1 aliphatic rings. The highest BCUT2D eigenvalue weighted by Gasteiger charge is 2.26. The van der Waals surface area contributed by atoms with Crippen molar-refractivity contribution >= 4 is 28.9 Å². The summed E-state index contributed by atoms with van der Waals surface area (Å²) in [5.41, 5.74) is 8.78. The lowest BCUT2D eigenvalue weighted by atomic mass is 9.97. The maximum atomic E-state index is 5.64. The lowest BCUT2D eigenvalue weighted by Gasteiger charge is -2.29. The summed E-state index contributed by atoms with van der Waals surface area (Å²) in [6.45, 7) is 4.52. The number of nitrogens with zero attached hydrogens (tertiary/aromatic N) is 4. The fourth-order valence-electron chi connectivity index (χ4n) is 3.11. The Bertz CT molecular complexity index is 839. The second kappa shape index (κ2) is 8.16. The Labute approximate surface area is 162 Å². The Balaban J connectivity index is 0.00000196. The van der Waals surface area contributed by atoms with Gasteiger partial charge in [0.25, 0.3) is 0 Å². The molecule has 1 aromatic carbocycles. The van der Waals surface area contributed by atoms with Crippen LogP contribution in [-0.4, -0.2) is 28.2 Å². The van der Waals surface area contributed by atoms with Crippen molar-refractivity contribution in [2.75, 3.05) is 18.0 Å². The number of benzene rings is 1. The zero-order valence-corrected chi connectivity index (χ0v) is 16.2. The molecular weight excluding hydrogens is 370 g/mol. The van der Waals surface area contributed by atoms with Crippen molar-refractivity contribution in [3.8, 4) is 11.4 Å². The lowest BCUT2D eigenvalue weighted by Crippen LogP contribution is -2.32. The topological polar surface area (TPSA) is 81.1 Å². The van der Waals surface area contributed by atoms with Crippen molar-refractivity contribution in [2.45, 2.75) is 32.2 Å². The van der Waals surface area contributed by atoms with E-state index in [0.717, 1.165) is 53.8 Å². The predicted molar refractivity (Wildman–Crippen MR) is 106 cm³/mol. The molecule has 138 valence electrons. The van der Waals surface area contributed by atoms with E-state index in [1.165, 1.54) is 0 Å². The molecule has 0 bridgehead atoms. The van der Waals surface area contributed by atoms with Crippen molar-refractivity contribution in [2.24, 2.45) is 5.73 Å². The minimum absolute atomic E-state index is 0. The molecule has 26 heavy (non-hydrogen) atoms. The molecule has 0 atom stereocenters. The van der Waals surface area contributed by atoms with Crippen LogP contribution in [-0.2, 0) is 6.54 Å². The number of nitrogens with two attached hydrogens (primary N) is 1. The van der Waals surface area contributed by atoms with Gasteiger partial charge < -0.3 is 15.2 Å². The van der Waals surface area contributed by atoms with Crippen LogP contribution in [0.2, 0.25) is 0 Å². The van der Waals surface area contributed by atoms with Crippen LogP contribution in [0.15, 0.2) is 34.2 Å². The van der Waals surface area contributed by atoms with Gasteiger partial charge in [-0.1, -0.05) is 29.4 Å². The zero-order valence-electron chi connectivity index (χ0n) is 14.6. The summed E-state index contributed by atoms with van der Waals surface area (Å²) in [5.74, 6) is 1.71. The van der Waals surface area contributed by atoms with Gasteiger partial charge in [0.2, 0.25) is 11.7 Å². The molecule has 0 unspecified atom stereocenters. The summed E-state index contributed by atoms with van der Waals surface area (Å²) in [4.78, 5) is 11.5. The third-order valence-electron chi connectivity index (χ3n) is 4.61. The van der Waals surface area contributed by atoms with Crippen LogP contribution in [0.4, 0.5) is 5.13 Å². The van der Waals surface area contributed by atoms with Crippen molar-refractivity contribution in [1.82, 2.24) is 15.1 Å². The highest BCUT2D eigenvalue weighted by Crippen LogP contribution is 2.31. The Morgan fingerprint density at radius 3 is 2.54 bits per heavy atom. The van der Waals surface area contributed by atoms with Crippen LogP contribution in [0.1, 0.15) is 35.9 Å². The van der Waals surface area contributed by atoms with Crippen LogP contribution in [0, 0.1) is 6.92 Å². The first-order chi connectivity index (χ1) is 12.2. The fraction of sp³-hybridized carbons (Fsp3) is 0.389. The third-order valence-corrected chi connectivity index (χ3v) is 5.63. The average molecular weight is 392 g/mol. The molecular formula is C18H22ClN5OS. The van der Waals surface area contributed by atoms with E-state index in [1.54, 1.807) is 11.3 Å². The minimum Gasteiger partial charge on any atom is -0.348 e.